The van der Waals surface area contributed by atoms with Crippen LogP contribution in [0.25, 0.3) is 10.9 Å². The molecule has 0 fully saturated rings. The number of aliphatic hydroxyl groups excluding tert-OH is 1. The fraction of sp³-hybridized carbons (Fsp3) is 0.118. The summed E-state index contributed by atoms with van der Waals surface area (Å²) in [5.41, 5.74) is 3.46. The maximum absolute atomic E-state index is 10.5. The van der Waals surface area contributed by atoms with Crippen LogP contribution in [-0.4, -0.2) is 10.1 Å². The molecule has 100 valence electrons. The van der Waals surface area contributed by atoms with E-state index in [0.717, 1.165) is 27.6 Å². The van der Waals surface area contributed by atoms with Gasteiger partial charge in [0, 0.05) is 22.2 Å². The number of hydrogen-bond donors (Lipinski definition) is 1. The molecule has 0 spiro atoms. The van der Waals surface area contributed by atoms with Crippen LogP contribution < -0.4 is 0 Å². The van der Waals surface area contributed by atoms with Crippen LogP contribution in [0.3, 0.4) is 0 Å². The van der Waals surface area contributed by atoms with Crippen LogP contribution in [0.1, 0.15) is 22.8 Å². The summed E-state index contributed by atoms with van der Waals surface area (Å²) < 4.78 is 0. The summed E-state index contributed by atoms with van der Waals surface area (Å²) in [6, 6.07) is 15.4. The van der Waals surface area contributed by atoms with Crippen LogP contribution in [0.15, 0.2) is 54.7 Å². The fourth-order valence-electron chi connectivity index (χ4n) is 2.21. The average Bonchev–Trinajstić information content (AvgIpc) is 2.49. The molecule has 0 aliphatic rings. The van der Waals surface area contributed by atoms with Gasteiger partial charge in [-0.2, -0.15) is 0 Å². The van der Waals surface area contributed by atoms with Gasteiger partial charge in [0.1, 0.15) is 6.10 Å². The van der Waals surface area contributed by atoms with E-state index < -0.39 is 6.10 Å². The Morgan fingerprint density at radius 2 is 1.85 bits per heavy atom. The molecule has 1 heterocycles. The first-order chi connectivity index (χ1) is 9.65. The van der Waals surface area contributed by atoms with E-state index in [4.69, 9.17) is 11.6 Å². The zero-order chi connectivity index (χ0) is 14.1. The van der Waals surface area contributed by atoms with Crippen molar-refractivity contribution in [3.63, 3.8) is 0 Å². The maximum atomic E-state index is 10.5. The smallest absolute Gasteiger partial charge is 0.106 e. The van der Waals surface area contributed by atoms with Crippen molar-refractivity contribution in [2.45, 2.75) is 13.0 Å². The number of pyridine rings is 1. The van der Waals surface area contributed by atoms with Crippen LogP contribution in [0, 0.1) is 6.92 Å². The van der Waals surface area contributed by atoms with Gasteiger partial charge in [-0.1, -0.05) is 41.9 Å². The Bertz CT molecular complexity index is 770. The minimum Gasteiger partial charge on any atom is -0.384 e. The molecule has 1 N–H and O–H groups in total. The highest BCUT2D eigenvalue weighted by atomic mass is 35.5. The Morgan fingerprint density at radius 3 is 2.65 bits per heavy atom. The van der Waals surface area contributed by atoms with Crippen LogP contribution in [0.4, 0.5) is 0 Å². The predicted octanol–water partition coefficient (Wildman–Crippen LogP) is 4.28. The van der Waals surface area contributed by atoms with Crippen LogP contribution in [0.2, 0.25) is 5.02 Å². The molecule has 2 nitrogen and oxygen atoms in total. The molecule has 3 rings (SSSR count). The van der Waals surface area contributed by atoms with E-state index in [1.807, 2.05) is 49.4 Å². The van der Waals surface area contributed by atoms with Crippen LogP contribution in [-0.2, 0) is 0 Å². The minimum atomic E-state index is -0.717. The third-order valence-electron chi connectivity index (χ3n) is 3.44. The highest BCUT2D eigenvalue weighted by Crippen LogP contribution is 2.27. The molecule has 0 aliphatic carbocycles. The van der Waals surface area contributed by atoms with E-state index in [1.165, 1.54) is 0 Å². The van der Waals surface area contributed by atoms with Gasteiger partial charge < -0.3 is 5.11 Å². The Balaban J connectivity index is 2.02. The van der Waals surface area contributed by atoms with Crippen molar-refractivity contribution in [3.05, 3.63) is 76.4 Å². The SMILES string of the molecule is Cc1ccc(C(O)c2cnc3ccccc3c2)cc1Cl. The van der Waals surface area contributed by atoms with Gasteiger partial charge in [0.2, 0.25) is 0 Å². The molecule has 0 aliphatic heterocycles. The lowest BCUT2D eigenvalue weighted by Gasteiger charge is -2.13. The molecule has 20 heavy (non-hydrogen) atoms. The van der Waals surface area contributed by atoms with Gasteiger partial charge in [0.15, 0.2) is 0 Å². The van der Waals surface area contributed by atoms with E-state index in [9.17, 15) is 5.11 Å². The molecule has 1 aromatic heterocycles. The van der Waals surface area contributed by atoms with Gasteiger partial charge in [0.25, 0.3) is 0 Å². The Kier molecular flexibility index (Phi) is 3.43. The molecule has 1 atom stereocenters. The Hall–Kier alpha value is -1.90. The number of para-hydroxylation sites is 1. The van der Waals surface area contributed by atoms with Crippen LogP contribution >= 0.6 is 11.6 Å². The predicted molar refractivity (Wildman–Crippen MR) is 82.0 cm³/mol. The molecule has 0 saturated heterocycles. The highest BCUT2D eigenvalue weighted by molar-refractivity contribution is 6.31. The second kappa shape index (κ2) is 5.23. The van der Waals surface area contributed by atoms with Gasteiger partial charge in [-0.15, -0.1) is 0 Å². The number of halogens is 1. The quantitative estimate of drug-likeness (QED) is 0.761. The van der Waals surface area contributed by atoms with Gasteiger partial charge >= 0.3 is 0 Å². The minimum absolute atomic E-state index is 0.662. The van der Waals surface area contributed by atoms with Gasteiger partial charge in [-0.25, -0.2) is 0 Å². The van der Waals surface area contributed by atoms with E-state index in [1.54, 1.807) is 12.3 Å². The summed E-state index contributed by atoms with van der Waals surface area (Å²) in [6.45, 7) is 1.94. The van der Waals surface area contributed by atoms with Crippen LogP contribution in [0.5, 0.6) is 0 Å². The Labute approximate surface area is 122 Å². The Morgan fingerprint density at radius 1 is 1.05 bits per heavy atom. The number of benzene rings is 2. The van der Waals surface area contributed by atoms with Gasteiger partial charge in [0.05, 0.1) is 5.52 Å². The van der Waals surface area contributed by atoms with Gasteiger partial charge in [-0.05, 0) is 36.2 Å². The molecule has 0 saturated carbocycles. The molecule has 2 aromatic carbocycles. The lowest BCUT2D eigenvalue weighted by Crippen LogP contribution is -2.00. The van der Waals surface area contributed by atoms with Crippen molar-refractivity contribution in [1.82, 2.24) is 4.98 Å². The van der Waals surface area contributed by atoms with Crippen molar-refractivity contribution >= 4 is 22.5 Å². The van der Waals surface area contributed by atoms with Crippen molar-refractivity contribution in [3.8, 4) is 0 Å². The summed E-state index contributed by atoms with van der Waals surface area (Å²) in [7, 11) is 0. The first-order valence-corrected chi connectivity index (χ1v) is 6.82. The zero-order valence-electron chi connectivity index (χ0n) is 11.0. The summed E-state index contributed by atoms with van der Waals surface area (Å²) in [5, 5.41) is 12.1. The highest BCUT2D eigenvalue weighted by Gasteiger charge is 2.12. The third kappa shape index (κ3) is 2.40. The molecule has 3 aromatic rings. The fourth-order valence-corrected chi connectivity index (χ4v) is 2.40. The number of nitrogens with zero attached hydrogens (tertiary/aromatic N) is 1. The molecule has 0 amide bonds. The molecule has 1 unspecified atom stereocenters. The normalized spacial score (nSPS) is 12.6. The number of fused-ring (bicyclic) bond motifs is 1. The second-order valence-corrected chi connectivity index (χ2v) is 5.28. The van der Waals surface area contributed by atoms with Crippen molar-refractivity contribution in [1.29, 1.82) is 0 Å². The second-order valence-electron chi connectivity index (χ2n) is 4.87. The number of aliphatic hydroxyl groups is 1. The van der Waals surface area contributed by atoms with Crippen molar-refractivity contribution < 1.29 is 5.11 Å². The average molecular weight is 284 g/mol. The van der Waals surface area contributed by atoms with E-state index >= 15 is 0 Å². The largest absolute Gasteiger partial charge is 0.384 e. The van der Waals surface area contributed by atoms with Crippen molar-refractivity contribution in [2.75, 3.05) is 0 Å². The van der Waals surface area contributed by atoms with E-state index in [2.05, 4.69) is 4.98 Å². The number of rotatable bonds is 2. The topological polar surface area (TPSA) is 33.1 Å². The first kappa shape index (κ1) is 13.1. The zero-order valence-corrected chi connectivity index (χ0v) is 11.8. The van der Waals surface area contributed by atoms with Gasteiger partial charge in [-0.3, -0.25) is 4.98 Å². The first-order valence-electron chi connectivity index (χ1n) is 6.44. The van der Waals surface area contributed by atoms with E-state index in [0.29, 0.717) is 5.02 Å². The molecular formula is C17H14ClNO. The molecular weight excluding hydrogens is 270 g/mol. The molecule has 3 heteroatoms. The third-order valence-corrected chi connectivity index (χ3v) is 3.85. The lowest BCUT2D eigenvalue weighted by molar-refractivity contribution is 0.220. The summed E-state index contributed by atoms with van der Waals surface area (Å²) in [5.74, 6) is 0. The molecule has 0 bridgehead atoms. The van der Waals surface area contributed by atoms with Crippen molar-refractivity contribution in [2.24, 2.45) is 0 Å². The number of aromatic nitrogens is 1. The molecule has 0 radical (unpaired) electrons. The monoisotopic (exact) mass is 283 g/mol. The number of hydrogen-bond acceptors (Lipinski definition) is 2. The summed E-state index contributed by atoms with van der Waals surface area (Å²) in [4.78, 5) is 4.37. The summed E-state index contributed by atoms with van der Waals surface area (Å²) >= 11 is 6.11. The standard InChI is InChI=1S/C17H14ClNO/c1-11-6-7-13(9-15(11)18)17(20)14-8-12-4-2-3-5-16(12)19-10-14/h2-10,17,20H,1H3. The maximum Gasteiger partial charge on any atom is 0.106 e. The number of aryl methyl sites for hydroxylation is 1. The van der Waals surface area contributed by atoms with E-state index in [-0.39, 0.29) is 0 Å². The lowest BCUT2D eigenvalue weighted by atomic mass is 10.0. The summed E-state index contributed by atoms with van der Waals surface area (Å²) in [6.07, 6.45) is 0.992.